The van der Waals surface area contributed by atoms with Crippen molar-refractivity contribution in [3.8, 4) is 5.75 Å². The molecular formula is C13H11F3N2O2. The van der Waals surface area contributed by atoms with E-state index in [1.54, 1.807) is 0 Å². The van der Waals surface area contributed by atoms with Crippen molar-refractivity contribution in [2.45, 2.75) is 18.9 Å². The molecule has 0 saturated carbocycles. The molecule has 0 aliphatic heterocycles. The van der Waals surface area contributed by atoms with Crippen molar-refractivity contribution < 1.29 is 23.0 Å². The number of benzene rings is 1. The predicted octanol–water partition coefficient (Wildman–Crippen LogP) is 2.63. The molecule has 0 spiro atoms. The molecule has 0 aliphatic carbocycles. The Balaban J connectivity index is 2.26. The van der Waals surface area contributed by atoms with Crippen LogP contribution in [0.4, 0.5) is 13.2 Å². The van der Waals surface area contributed by atoms with E-state index in [2.05, 4.69) is 14.7 Å². The minimum Gasteiger partial charge on any atom is -0.406 e. The summed E-state index contributed by atoms with van der Waals surface area (Å²) in [5, 5.41) is 10.4. The van der Waals surface area contributed by atoms with Crippen LogP contribution in [0.5, 0.6) is 5.75 Å². The van der Waals surface area contributed by atoms with Gasteiger partial charge in [-0.15, -0.1) is 13.2 Å². The molecule has 1 aromatic carbocycles. The molecule has 1 unspecified atom stereocenters. The summed E-state index contributed by atoms with van der Waals surface area (Å²) < 4.78 is 39.9. The van der Waals surface area contributed by atoms with Gasteiger partial charge in [-0.3, -0.25) is 9.97 Å². The minimum absolute atomic E-state index is 0.296. The van der Waals surface area contributed by atoms with E-state index in [1.807, 2.05) is 0 Å². The Hall–Kier alpha value is -2.15. The summed E-state index contributed by atoms with van der Waals surface area (Å²) >= 11 is 0. The van der Waals surface area contributed by atoms with Gasteiger partial charge in [0.25, 0.3) is 0 Å². The van der Waals surface area contributed by atoms with Gasteiger partial charge in [-0.2, -0.15) is 0 Å². The Morgan fingerprint density at radius 2 is 1.75 bits per heavy atom. The van der Waals surface area contributed by atoms with Gasteiger partial charge in [0, 0.05) is 12.4 Å². The lowest BCUT2D eigenvalue weighted by molar-refractivity contribution is -0.274. The number of halogens is 3. The van der Waals surface area contributed by atoms with Crippen LogP contribution >= 0.6 is 0 Å². The quantitative estimate of drug-likeness (QED) is 0.941. The Labute approximate surface area is 112 Å². The fourth-order valence-corrected chi connectivity index (χ4v) is 1.68. The number of ether oxygens (including phenoxy) is 1. The third kappa shape index (κ3) is 3.24. The SMILES string of the molecule is CC(O)(c1ccc(OC(F)(F)F)cc1)c1cnccn1. The minimum atomic E-state index is -4.74. The van der Waals surface area contributed by atoms with Gasteiger partial charge in [0.2, 0.25) is 0 Å². The number of alkyl halides is 3. The third-order valence-electron chi connectivity index (χ3n) is 2.71. The summed E-state index contributed by atoms with van der Waals surface area (Å²) in [5.41, 5.74) is -0.776. The summed E-state index contributed by atoms with van der Waals surface area (Å²) in [6, 6.07) is 4.95. The summed E-state index contributed by atoms with van der Waals surface area (Å²) in [6.45, 7) is 1.48. The van der Waals surface area contributed by atoms with Crippen molar-refractivity contribution in [2.75, 3.05) is 0 Å². The Morgan fingerprint density at radius 3 is 2.25 bits per heavy atom. The molecule has 0 amide bonds. The first-order valence-electron chi connectivity index (χ1n) is 5.64. The first kappa shape index (κ1) is 14.3. The lowest BCUT2D eigenvalue weighted by atomic mass is 9.93. The molecule has 20 heavy (non-hydrogen) atoms. The zero-order chi connectivity index (χ0) is 14.8. The molecule has 1 N–H and O–H groups in total. The number of aliphatic hydroxyl groups is 1. The number of hydrogen-bond acceptors (Lipinski definition) is 4. The normalized spacial score (nSPS) is 14.7. The van der Waals surface area contributed by atoms with Crippen molar-refractivity contribution in [3.63, 3.8) is 0 Å². The molecule has 4 nitrogen and oxygen atoms in total. The molecule has 0 fully saturated rings. The molecule has 2 rings (SSSR count). The predicted molar refractivity (Wildman–Crippen MR) is 63.8 cm³/mol. The Morgan fingerprint density at radius 1 is 1.10 bits per heavy atom. The number of hydrogen-bond donors (Lipinski definition) is 1. The number of aromatic nitrogens is 2. The van der Waals surface area contributed by atoms with Gasteiger partial charge in [0.05, 0.1) is 11.9 Å². The molecule has 106 valence electrons. The number of nitrogens with zero attached hydrogens (tertiary/aromatic N) is 2. The van der Waals surface area contributed by atoms with Crippen molar-refractivity contribution in [2.24, 2.45) is 0 Å². The molecule has 1 aromatic heterocycles. The molecule has 0 radical (unpaired) electrons. The molecule has 1 atom stereocenters. The highest BCUT2D eigenvalue weighted by atomic mass is 19.4. The highest BCUT2D eigenvalue weighted by molar-refractivity contribution is 5.35. The first-order valence-corrected chi connectivity index (χ1v) is 5.64. The van der Waals surface area contributed by atoms with Crippen LogP contribution in [0.2, 0.25) is 0 Å². The van der Waals surface area contributed by atoms with Gasteiger partial charge in [0.1, 0.15) is 11.4 Å². The maximum atomic E-state index is 12.1. The van der Waals surface area contributed by atoms with Crippen molar-refractivity contribution >= 4 is 0 Å². The van der Waals surface area contributed by atoms with Crippen LogP contribution in [0.3, 0.4) is 0 Å². The van der Waals surface area contributed by atoms with E-state index in [-0.39, 0.29) is 5.75 Å². The maximum Gasteiger partial charge on any atom is 0.573 e. The van der Waals surface area contributed by atoms with Gasteiger partial charge in [-0.1, -0.05) is 12.1 Å². The molecular weight excluding hydrogens is 273 g/mol. The van der Waals surface area contributed by atoms with Crippen LogP contribution in [0.25, 0.3) is 0 Å². The van der Waals surface area contributed by atoms with E-state index < -0.39 is 12.0 Å². The smallest absolute Gasteiger partial charge is 0.406 e. The fraction of sp³-hybridized carbons (Fsp3) is 0.231. The molecule has 1 heterocycles. The monoisotopic (exact) mass is 284 g/mol. The lowest BCUT2D eigenvalue weighted by Gasteiger charge is -2.23. The van der Waals surface area contributed by atoms with Gasteiger partial charge >= 0.3 is 6.36 Å². The zero-order valence-electron chi connectivity index (χ0n) is 10.4. The number of rotatable bonds is 3. The van der Waals surface area contributed by atoms with Crippen LogP contribution in [0.1, 0.15) is 18.2 Å². The highest BCUT2D eigenvalue weighted by Gasteiger charge is 2.32. The molecule has 0 bridgehead atoms. The second kappa shape index (κ2) is 5.09. The second-order valence-corrected chi connectivity index (χ2v) is 4.24. The van der Waals surface area contributed by atoms with E-state index in [0.717, 1.165) is 12.1 Å². The van der Waals surface area contributed by atoms with E-state index in [1.165, 1.54) is 37.6 Å². The van der Waals surface area contributed by atoms with Crippen LogP contribution in [-0.2, 0) is 5.60 Å². The largest absolute Gasteiger partial charge is 0.573 e. The Bertz CT molecular complexity index is 568. The molecule has 0 aliphatic rings. The van der Waals surface area contributed by atoms with Crippen LogP contribution in [0.15, 0.2) is 42.9 Å². The second-order valence-electron chi connectivity index (χ2n) is 4.24. The van der Waals surface area contributed by atoms with Crippen LogP contribution in [-0.4, -0.2) is 21.4 Å². The van der Waals surface area contributed by atoms with Crippen molar-refractivity contribution in [1.29, 1.82) is 0 Å². The molecule has 2 aromatic rings. The summed E-state index contributed by atoms with van der Waals surface area (Å²) in [4.78, 5) is 7.83. The Kier molecular flexibility index (Phi) is 3.63. The van der Waals surface area contributed by atoms with E-state index in [9.17, 15) is 18.3 Å². The van der Waals surface area contributed by atoms with Gasteiger partial charge in [-0.05, 0) is 24.6 Å². The average Bonchev–Trinajstić information content (AvgIpc) is 2.38. The summed E-state index contributed by atoms with van der Waals surface area (Å²) in [5.74, 6) is -0.351. The van der Waals surface area contributed by atoms with Crippen molar-refractivity contribution in [1.82, 2.24) is 9.97 Å². The van der Waals surface area contributed by atoms with Crippen LogP contribution < -0.4 is 4.74 Å². The molecule has 7 heteroatoms. The van der Waals surface area contributed by atoms with E-state index >= 15 is 0 Å². The van der Waals surface area contributed by atoms with Crippen molar-refractivity contribution in [3.05, 3.63) is 54.1 Å². The maximum absolute atomic E-state index is 12.1. The zero-order valence-corrected chi connectivity index (χ0v) is 10.4. The first-order chi connectivity index (χ1) is 9.29. The van der Waals surface area contributed by atoms with E-state index in [0.29, 0.717) is 11.3 Å². The average molecular weight is 284 g/mol. The van der Waals surface area contributed by atoms with Gasteiger partial charge in [-0.25, -0.2) is 0 Å². The van der Waals surface area contributed by atoms with Crippen LogP contribution in [0, 0.1) is 0 Å². The standard InChI is InChI=1S/C13H11F3N2O2/c1-12(19,11-8-17-6-7-18-11)9-2-4-10(5-3-9)20-13(14,15)16/h2-8,19H,1H3. The van der Waals surface area contributed by atoms with E-state index in [4.69, 9.17) is 0 Å². The summed E-state index contributed by atoms with van der Waals surface area (Å²) in [6.07, 6.45) is -0.472. The third-order valence-corrected chi connectivity index (χ3v) is 2.71. The highest BCUT2D eigenvalue weighted by Crippen LogP contribution is 2.30. The fourth-order valence-electron chi connectivity index (χ4n) is 1.68. The topological polar surface area (TPSA) is 55.2 Å². The van der Waals surface area contributed by atoms with Gasteiger partial charge in [0.15, 0.2) is 0 Å². The summed E-state index contributed by atoms with van der Waals surface area (Å²) in [7, 11) is 0. The lowest BCUT2D eigenvalue weighted by Crippen LogP contribution is -2.24. The van der Waals surface area contributed by atoms with Gasteiger partial charge < -0.3 is 9.84 Å². The molecule has 0 saturated heterocycles.